The molecule has 0 radical (unpaired) electrons. The molecule has 2 rings (SSSR count). The monoisotopic (exact) mass is 295 g/mol. The van der Waals surface area contributed by atoms with Gasteiger partial charge in [-0.05, 0) is 18.2 Å². The zero-order chi connectivity index (χ0) is 15.6. The van der Waals surface area contributed by atoms with Crippen LogP contribution in [0.15, 0.2) is 24.4 Å². The molecule has 0 aliphatic heterocycles. The second kappa shape index (κ2) is 5.24. The van der Waals surface area contributed by atoms with Gasteiger partial charge in [-0.1, -0.05) is 0 Å². The van der Waals surface area contributed by atoms with Gasteiger partial charge in [0, 0.05) is 13.2 Å². The van der Waals surface area contributed by atoms with E-state index in [2.05, 4.69) is 15.4 Å². The van der Waals surface area contributed by atoms with Gasteiger partial charge in [0.2, 0.25) is 0 Å². The number of carbonyl (C=O) groups excluding carboxylic acids is 1. The van der Waals surface area contributed by atoms with Crippen molar-refractivity contribution >= 4 is 5.91 Å². The largest absolute Gasteiger partial charge is 0.433 e. The lowest BCUT2D eigenvalue weighted by Crippen LogP contribution is -2.19. The van der Waals surface area contributed by atoms with Crippen LogP contribution in [-0.4, -0.2) is 27.7 Å². The van der Waals surface area contributed by atoms with Crippen LogP contribution in [-0.2, 0) is 6.18 Å². The number of nitrogens with zero attached hydrogens (tertiary/aromatic N) is 4. The van der Waals surface area contributed by atoms with Crippen molar-refractivity contribution in [1.29, 1.82) is 5.26 Å². The summed E-state index contributed by atoms with van der Waals surface area (Å²) in [7, 11) is 1.39. The summed E-state index contributed by atoms with van der Waals surface area (Å²) in [4.78, 5) is 14.8. The van der Waals surface area contributed by atoms with Crippen LogP contribution < -0.4 is 5.32 Å². The van der Waals surface area contributed by atoms with Crippen molar-refractivity contribution < 1.29 is 18.0 Å². The molecule has 0 unspecified atom stereocenters. The fraction of sp³-hybridized carbons (Fsp3) is 0.167. The first kappa shape index (κ1) is 14.5. The topological polar surface area (TPSA) is 83.6 Å². The molecule has 0 spiro atoms. The number of amides is 1. The summed E-state index contributed by atoms with van der Waals surface area (Å²) in [5, 5.41) is 15.1. The first-order valence-corrected chi connectivity index (χ1v) is 5.63. The van der Waals surface area contributed by atoms with Gasteiger partial charge >= 0.3 is 6.18 Å². The number of nitrogens with one attached hydrogen (secondary N) is 1. The first-order chi connectivity index (χ1) is 9.86. The molecular formula is C12H8F3N5O. The van der Waals surface area contributed by atoms with E-state index in [4.69, 9.17) is 5.26 Å². The molecule has 0 aliphatic rings. The molecule has 0 atom stereocenters. The molecule has 2 aromatic rings. The van der Waals surface area contributed by atoms with Gasteiger partial charge in [-0.25, -0.2) is 9.67 Å². The molecule has 0 bridgehead atoms. The second-order valence-electron chi connectivity index (χ2n) is 3.90. The van der Waals surface area contributed by atoms with E-state index in [0.717, 1.165) is 10.7 Å². The van der Waals surface area contributed by atoms with Crippen LogP contribution in [0.25, 0.3) is 5.82 Å². The summed E-state index contributed by atoms with van der Waals surface area (Å²) in [6.45, 7) is 0. The lowest BCUT2D eigenvalue weighted by atomic mass is 10.2. The zero-order valence-electron chi connectivity index (χ0n) is 10.6. The van der Waals surface area contributed by atoms with E-state index in [-0.39, 0.29) is 17.1 Å². The van der Waals surface area contributed by atoms with E-state index in [1.165, 1.54) is 19.3 Å². The number of hydrogen-bond acceptors (Lipinski definition) is 4. The normalized spacial score (nSPS) is 11.0. The highest BCUT2D eigenvalue weighted by molar-refractivity contribution is 5.91. The van der Waals surface area contributed by atoms with Crippen LogP contribution in [0, 0.1) is 11.3 Å². The first-order valence-electron chi connectivity index (χ1n) is 5.63. The Hall–Kier alpha value is -2.89. The molecule has 2 aromatic heterocycles. The SMILES string of the molecule is CNC(=O)c1ccn(-c2nc(C(F)(F)F)ccc2C#N)n1. The number of halogens is 3. The molecule has 1 amide bonds. The van der Waals surface area contributed by atoms with E-state index >= 15 is 0 Å². The highest BCUT2D eigenvalue weighted by Crippen LogP contribution is 2.28. The van der Waals surface area contributed by atoms with Crippen molar-refractivity contribution in [3.63, 3.8) is 0 Å². The number of aromatic nitrogens is 3. The minimum absolute atomic E-state index is 0.000557. The van der Waals surface area contributed by atoms with Crippen LogP contribution in [0.5, 0.6) is 0 Å². The summed E-state index contributed by atoms with van der Waals surface area (Å²) in [6, 6.07) is 4.76. The van der Waals surface area contributed by atoms with Crippen LogP contribution in [0.4, 0.5) is 13.2 Å². The maximum Gasteiger partial charge on any atom is 0.433 e. The van der Waals surface area contributed by atoms with Gasteiger partial charge in [-0.3, -0.25) is 4.79 Å². The van der Waals surface area contributed by atoms with Crippen molar-refractivity contribution in [2.75, 3.05) is 7.05 Å². The average Bonchev–Trinajstić information content (AvgIpc) is 2.94. The van der Waals surface area contributed by atoms with Gasteiger partial charge in [0.05, 0.1) is 5.56 Å². The second-order valence-corrected chi connectivity index (χ2v) is 3.90. The summed E-state index contributed by atoms with van der Waals surface area (Å²) in [5.74, 6) is -0.790. The Morgan fingerprint density at radius 3 is 2.67 bits per heavy atom. The number of rotatable bonds is 2. The summed E-state index contributed by atoms with van der Waals surface area (Å²) in [6.07, 6.45) is -3.38. The molecule has 108 valence electrons. The van der Waals surface area contributed by atoms with E-state index in [9.17, 15) is 18.0 Å². The Balaban J connectivity index is 2.54. The van der Waals surface area contributed by atoms with Crippen LogP contribution in [0.3, 0.4) is 0 Å². The number of nitriles is 1. The van der Waals surface area contributed by atoms with Crippen LogP contribution in [0.2, 0.25) is 0 Å². The maximum atomic E-state index is 12.7. The third-order valence-electron chi connectivity index (χ3n) is 2.55. The van der Waals surface area contributed by atoms with Crippen molar-refractivity contribution in [2.24, 2.45) is 0 Å². The van der Waals surface area contributed by atoms with Crippen molar-refractivity contribution in [3.05, 3.63) is 41.3 Å². The minimum Gasteiger partial charge on any atom is -0.354 e. The number of alkyl halides is 3. The van der Waals surface area contributed by atoms with Gasteiger partial charge < -0.3 is 5.32 Å². The van der Waals surface area contributed by atoms with E-state index < -0.39 is 17.8 Å². The quantitative estimate of drug-likeness (QED) is 0.910. The molecule has 0 saturated carbocycles. The number of hydrogen-bond donors (Lipinski definition) is 1. The Morgan fingerprint density at radius 2 is 2.10 bits per heavy atom. The van der Waals surface area contributed by atoms with E-state index in [1.807, 2.05) is 0 Å². The minimum atomic E-state index is -4.64. The third kappa shape index (κ3) is 2.84. The van der Waals surface area contributed by atoms with Gasteiger partial charge in [-0.15, -0.1) is 0 Å². The number of carbonyl (C=O) groups is 1. The highest BCUT2D eigenvalue weighted by atomic mass is 19.4. The molecule has 2 heterocycles. The van der Waals surface area contributed by atoms with Gasteiger partial charge in [0.1, 0.15) is 11.8 Å². The molecule has 1 N–H and O–H groups in total. The highest BCUT2D eigenvalue weighted by Gasteiger charge is 2.33. The van der Waals surface area contributed by atoms with Crippen LogP contribution >= 0.6 is 0 Å². The molecule has 0 aromatic carbocycles. The summed E-state index contributed by atoms with van der Waals surface area (Å²) >= 11 is 0. The number of pyridine rings is 1. The summed E-state index contributed by atoms with van der Waals surface area (Å²) in [5.41, 5.74) is -1.23. The zero-order valence-corrected chi connectivity index (χ0v) is 10.6. The van der Waals surface area contributed by atoms with Gasteiger partial charge in [0.25, 0.3) is 5.91 Å². The van der Waals surface area contributed by atoms with Gasteiger partial charge in [0.15, 0.2) is 11.5 Å². The Kier molecular flexibility index (Phi) is 3.62. The average molecular weight is 295 g/mol. The lowest BCUT2D eigenvalue weighted by molar-refractivity contribution is -0.141. The Labute approximate surface area is 116 Å². The smallest absolute Gasteiger partial charge is 0.354 e. The maximum absolute atomic E-state index is 12.7. The molecule has 9 heteroatoms. The lowest BCUT2D eigenvalue weighted by Gasteiger charge is -2.09. The standard InChI is InChI=1S/C12H8F3N5O/c1-17-11(21)8-4-5-20(19-8)10-7(6-16)2-3-9(18-10)12(13,14)15/h2-5H,1H3,(H,17,21). The van der Waals surface area contributed by atoms with Crippen molar-refractivity contribution in [2.45, 2.75) is 6.18 Å². The van der Waals surface area contributed by atoms with Gasteiger partial charge in [-0.2, -0.15) is 23.5 Å². The van der Waals surface area contributed by atoms with Crippen molar-refractivity contribution in [1.82, 2.24) is 20.1 Å². The van der Waals surface area contributed by atoms with Crippen LogP contribution in [0.1, 0.15) is 21.7 Å². The Morgan fingerprint density at radius 1 is 1.38 bits per heavy atom. The predicted octanol–water partition coefficient (Wildman–Crippen LogP) is 1.52. The predicted molar refractivity (Wildman–Crippen MR) is 64.5 cm³/mol. The van der Waals surface area contributed by atoms with E-state index in [1.54, 1.807) is 6.07 Å². The fourth-order valence-electron chi connectivity index (χ4n) is 1.56. The molecule has 21 heavy (non-hydrogen) atoms. The summed E-state index contributed by atoms with van der Waals surface area (Å²) < 4.78 is 39.0. The Bertz CT molecular complexity index is 729. The van der Waals surface area contributed by atoms with E-state index in [0.29, 0.717) is 6.07 Å². The molecule has 0 aliphatic carbocycles. The molecule has 0 saturated heterocycles. The van der Waals surface area contributed by atoms with Crippen molar-refractivity contribution in [3.8, 4) is 11.9 Å². The molecular weight excluding hydrogens is 287 g/mol. The third-order valence-corrected chi connectivity index (χ3v) is 2.55. The molecule has 0 fully saturated rings. The fourth-order valence-corrected chi connectivity index (χ4v) is 1.56. The molecule has 6 nitrogen and oxygen atoms in total.